The fourth-order valence-corrected chi connectivity index (χ4v) is 2.93. The molecule has 0 aromatic carbocycles. The largest absolute Gasteiger partial charge is 0.468 e. The Morgan fingerprint density at radius 3 is 2.25 bits per heavy atom. The fraction of sp³-hybridized carbons (Fsp3) is 0.867. The van der Waals surface area contributed by atoms with Crippen molar-refractivity contribution in [1.82, 2.24) is 9.80 Å². The molecule has 116 valence electrons. The van der Waals surface area contributed by atoms with Gasteiger partial charge in [0.25, 0.3) is 0 Å². The molecule has 0 spiro atoms. The molecule has 0 atom stereocenters. The average Bonchev–Trinajstić information content (AvgIpc) is 2.39. The van der Waals surface area contributed by atoms with Crippen LogP contribution in [0, 0.1) is 0 Å². The Hall–Kier alpha value is -1.10. The fourth-order valence-electron chi connectivity index (χ4n) is 2.93. The average molecular weight is 284 g/mol. The monoisotopic (exact) mass is 284 g/mol. The molecule has 0 heterocycles. The summed E-state index contributed by atoms with van der Waals surface area (Å²) in [5.74, 6) is -0.202. The topological polar surface area (TPSA) is 49.9 Å². The maximum atomic E-state index is 12.5. The van der Waals surface area contributed by atoms with Crippen LogP contribution in [0.25, 0.3) is 0 Å². The minimum atomic E-state index is -0.311. The van der Waals surface area contributed by atoms with Crippen LogP contribution in [0.5, 0.6) is 0 Å². The first-order chi connectivity index (χ1) is 9.45. The van der Waals surface area contributed by atoms with Crippen LogP contribution in [-0.2, 0) is 14.3 Å². The van der Waals surface area contributed by atoms with E-state index in [-0.39, 0.29) is 31.0 Å². The molecule has 1 aliphatic rings. The second-order valence-corrected chi connectivity index (χ2v) is 5.94. The number of methoxy groups -OCH3 is 1. The highest BCUT2D eigenvalue weighted by molar-refractivity contribution is 5.80. The maximum Gasteiger partial charge on any atom is 0.319 e. The van der Waals surface area contributed by atoms with Crippen molar-refractivity contribution in [2.24, 2.45) is 0 Å². The molecule has 0 saturated heterocycles. The van der Waals surface area contributed by atoms with Gasteiger partial charge in [-0.05, 0) is 33.7 Å². The first-order valence-corrected chi connectivity index (χ1v) is 7.52. The van der Waals surface area contributed by atoms with Gasteiger partial charge < -0.3 is 9.64 Å². The van der Waals surface area contributed by atoms with Crippen molar-refractivity contribution in [2.75, 3.05) is 27.2 Å². The summed E-state index contributed by atoms with van der Waals surface area (Å²) in [5, 5.41) is 0. The number of carbonyl (C=O) groups excluding carboxylic acids is 2. The Morgan fingerprint density at radius 2 is 1.75 bits per heavy atom. The van der Waals surface area contributed by atoms with E-state index in [0.29, 0.717) is 6.04 Å². The second kappa shape index (κ2) is 8.25. The van der Waals surface area contributed by atoms with Crippen molar-refractivity contribution >= 4 is 11.9 Å². The highest BCUT2D eigenvalue weighted by Gasteiger charge is 2.28. The van der Waals surface area contributed by atoms with Gasteiger partial charge in [0.15, 0.2) is 0 Å². The number of amides is 1. The molecule has 0 aliphatic heterocycles. The summed E-state index contributed by atoms with van der Waals surface area (Å²) in [6.45, 7) is 4.54. The molecule has 1 fully saturated rings. The van der Waals surface area contributed by atoms with Crippen LogP contribution >= 0.6 is 0 Å². The molecule has 0 N–H and O–H groups in total. The summed E-state index contributed by atoms with van der Waals surface area (Å²) < 4.78 is 4.62. The number of esters is 1. The highest BCUT2D eigenvalue weighted by Crippen LogP contribution is 2.24. The number of carbonyl (C=O) groups is 2. The van der Waals surface area contributed by atoms with Crippen LogP contribution in [0.1, 0.15) is 46.0 Å². The van der Waals surface area contributed by atoms with Gasteiger partial charge in [0.05, 0.1) is 20.2 Å². The van der Waals surface area contributed by atoms with E-state index in [1.807, 2.05) is 4.90 Å². The van der Waals surface area contributed by atoms with Gasteiger partial charge in [-0.15, -0.1) is 0 Å². The highest BCUT2D eigenvalue weighted by atomic mass is 16.5. The molecule has 1 amide bonds. The Kier molecular flexibility index (Phi) is 6.99. The lowest BCUT2D eigenvalue weighted by Gasteiger charge is -2.38. The molecule has 0 radical (unpaired) electrons. The number of likely N-dealkylation sites (N-methyl/N-ethyl adjacent to an activating group) is 1. The third-order valence-corrected chi connectivity index (χ3v) is 3.84. The van der Waals surface area contributed by atoms with Crippen molar-refractivity contribution in [2.45, 2.75) is 58.0 Å². The van der Waals surface area contributed by atoms with E-state index in [2.05, 4.69) is 18.6 Å². The Morgan fingerprint density at radius 1 is 1.15 bits per heavy atom. The van der Waals surface area contributed by atoms with Gasteiger partial charge >= 0.3 is 5.97 Å². The maximum absolute atomic E-state index is 12.5. The predicted octanol–water partition coefficient (Wildman–Crippen LogP) is 1.66. The van der Waals surface area contributed by atoms with Crippen molar-refractivity contribution in [3.63, 3.8) is 0 Å². The van der Waals surface area contributed by atoms with Crippen LogP contribution < -0.4 is 0 Å². The van der Waals surface area contributed by atoms with E-state index >= 15 is 0 Å². The van der Waals surface area contributed by atoms with Crippen molar-refractivity contribution in [3.05, 3.63) is 0 Å². The van der Waals surface area contributed by atoms with Crippen LogP contribution in [0.2, 0.25) is 0 Å². The van der Waals surface area contributed by atoms with Crippen LogP contribution in [-0.4, -0.2) is 61.0 Å². The summed E-state index contributed by atoms with van der Waals surface area (Å²) in [7, 11) is 3.13. The molecule has 20 heavy (non-hydrogen) atoms. The van der Waals surface area contributed by atoms with Crippen molar-refractivity contribution in [3.8, 4) is 0 Å². The van der Waals surface area contributed by atoms with Gasteiger partial charge in [-0.25, -0.2) is 0 Å². The van der Waals surface area contributed by atoms with Crippen molar-refractivity contribution in [1.29, 1.82) is 0 Å². The zero-order valence-corrected chi connectivity index (χ0v) is 13.2. The first-order valence-electron chi connectivity index (χ1n) is 7.52. The van der Waals surface area contributed by atoms with Gasteiger partial charge in [-0.1, -0.05) is 19.3 Å². The zero-order valence-electron chi connectivity index (χ0n) is 13.2. The molecule has 0 unspecified atom stereocenters. The lowest BCUT2D eigenvalue weighted by Crippen LogP contribution is -2.49. The van der Waals surface area contributed by atoms with Crippen LogP contribution in [0.15, 0.2) is 0 Å². The summed E-state index contributed by atoms with van der Waals surface area (Å²) >= 11 is 0. The van der Waals surface area contributed by atoms with E-state index in [1.54, 1.807) is 11.9 Å². The molecule has 5 heteroatoms. The third-order valence-electron chi connectivity index (χ3n) is 3.84. The summed E-state index contributed by atoms with van der Waals surface area (Å²) in [4.78, 5) is 27.4. The number of hydrogen-bond donors (Lipinski definition) is 0. The zero-order chi connectivity index (χ0) is 15.1. The standard InChI is InChI=1S/C15H28N2O3/c1-12(2)17(13-8-6-5-7-9-13)14(18)10-16(3)11-15(19)20-4/h12-13H,5-11H2,1-4H3. The molecular weight excluding hydrogens is 256 g/mol. The smallest absolute Gasteiger partial charge is 0.319 e. The lowest BCUT2D eigenvalue weighted by atomic mass is 9.93. The van der Waals surface area contributed by atoms with E-state index in [9.17, 15) is 9.59 Å². The molecule has 0 aromatic heterocycles. The van der Waals surface area contributed by atoms with Gasteiger partial charge in [0.1, 0.15) is 0 Å². The minimum absolute atomic E-state index is 0.110. The normalized spacial score (nSPS) is 16.5. The Labute approximate surface area is 122 Å². The van der Waals surface area contributed by atoms with Gasteiger partial charge in [-0.2, -0.15) is 0 Å². The summed E-state index contributed by atoms with van der Waals surface area (Å²) in [5.41, 5.74) is 0. The van der Waals surface area contributed by atoms with Gasteiger partial charge in [0, 0.05) is 12.1 Å². The number of hydrogen-bond acceptors (Lipinski definition) is 4. The van der Waals surface area contributed by atoms with Gasteiger partial charge in [0.2, 0.25) is 5.91 Å². The minimum Gasteiger partial charge on any atom is -0.468 e. The molecule has 5 nitrogen and oxygen atoms in total. The summed E-state index contributed by atoms with van der Waals surface area (Å²) in [6, 6.07) is 0.569. The molecule has 0 aromatic rings. The van der Waals surface area contributed by atoms with Crippen LogP contribution in [0.3, 0.4) is 0 Å². The first kappa shape index (κ1) is 17.0. The van der Waals surface area contributed by atoms with Crippen molar-refractivity contribution < 1.29 is 14.3 Å². The lowest BCUT2D eigenvalue weighted by molar-refractivity contribution is -0.143. The van der Waals surface area contributed by atoms with Crippen LogP contribution in [0.4, 0.5) is 0 Å². The second-order valence-electron chi connectivity index (χ2n) is 5.94. The van der Waals surface area contributed by atoms with Gasteiger partial charge in [-0.3, -0.25) is 14.5 Å². The van der Waals surface area contributed by atoms with E-state index in [1.165, 1.54) is 26.4 Å². The Balaban J connectivity index is 2.57. The molecule has 1 aliphatic carbocycles. The number of nitrogens with zero attached hydrogens (tertiary/aromatic N) is 2. The van der Waals surface area contributed by atoms with E-state index in [4.69, 9.17) is 0 Å². The third kappa shape index (κ3) is 5.12. The quantitative estimate of drug-likeness (QED) is 0.696. The molecule has 1 rings (SSSR count). The molecule has 0 bridgehead atoms. The Bertz CT molecular complexity index is 325. The van der Waals surface area contributed by atoms with E-state index < -0.39 is 0 Å². The number of rotatable bonds is 6. The molecule has 1 saturated carbocycles. The number of ether oxygens (including phenoxy) is 1. The SMILES string of the molecule is COC(=O)CN(C)CC(=O)N(C(C)C)C1CCCCC1. The summed E-state index contributed by atoms with van der Waals surface area (Å²) in [6.07, 6.45) is 5.90. The van der Waals surface area contributed by atoms with E-state index in [0.717, 1.165) is 12.8 Å². The molecular formula is C15H28N2O3. The predicted molar refractivity (Wildman–Crippen MR) is 78.4 cm³/mol.